The minimum Gasteiger partial charge on any atom is -0.387 e. The van der Waals surface area contributed by atoms with E-state index in [0.717, 1.165) is 10.8 Å². The number of hydrogen-bond acceptors (Lipinski definition) is 7. The van der Waals surface area contributed by atoms with Gasteiger partial charge in [0.1, 0.15) is 30.0 Å². The van der Waals surface area contributed by atoms with Gasteiger partial charge >= 0.3 is 5.69 Å². The Morgan fingerprint density at radius 3 is 2.48 bits per heavy atom. The smallest absolute Gasteiger partial charge is 0.330 e. The molecule has 1 saturated heterocycles. The van der Waals surface area contributed by atoms with Gasteiger partial charge in [0.25, 0.3) is 5.56 Å². The van der Waals surface area contributed by atoms with Crippen LogP contribution in [0.4, 0.5) is 0 Å². The molecule has 0 bridgehead atoms. The van der Waals surface area contributed by atoms with Gasteiger partial charge in [0.2, 0.25) is 0 Å². The lowest BCUT2D eigenvalue weighted by molar-refractivity contribution is -0.145. The molecule has 0 radical (unpaired) electrons. The highest BCUT2D eigenvalue weighted by Gasteiger charge is 2.49. The van der Waals surface area contributed by atoms with Crippen LogP contribution in [0.25, 0.3) is 0 Å². The van der Waals surface area contributed by atoms with Crippen LogP contribution in [0.15, 0.2) is 15.8 Å². The number of aromatic nitrogens is 2. The maximum absolute atomic E-state index is 12.4. The predicted molar refractivity (Wildman–Crippen MR) is 94.9 cm³/mol. The van der Waals surface area contributed by atoms with Gasteiger partial charge < -0.3 is 20.1 Å². The fourth-order valence-corrected chi connectivity index (χ4v) is 3.17. The summed E-state index contributed by atoms with van der Waals surface area (Å²) in [6.45, 7) is 5.12. The summed E-state index contributed by atoms with van der Waals surface area (Å²) in [5.41, 5.74) is -1.60. The Labute approximate surface area is 155 Å². The van der Waals surface area contributed by atoms with Crippen LogP contribution in [-0.2, 0) is 9.53 Å². The lowest BCUT2D eigenvalue weighted by atomic mass is 9.90. The Morgan fingerprint density at radius 1 is 1.30 bits per heavy atom. The topological polar surface area (TPSA) is 142 Å². The van der Waals surface area contributed by atoms with E-state index in [9.17, 15) is 29.7 Å². The number of rotatable bonds is 6. The van der Waals surface area contributed by atoms with Crippen molar-refractivity contribution >= 4 is 5.78 Å². The third-order valence-electron chi connectivity index (χ3n) is 4.77. The first-order chi connectivity index (χ1) is 12.8. The molecule has 0 aliphatic carbocycles. The van der Waals surface area contributed by atoms with Crippen molar-refractivity contribution in [1.29, 1.82) is 0 Å². The first-order valence-electron chi connectivity index (χ1n) is 8.78. The standard InChI is InChI=1S/C18H24N2O7/c1-4-7-10-8-20(18(26)19-16(10)25)17-14(24)13(23)15(27-17)12(22)11(21)9(5-2)6-3/h8-9,12-15,17,22-24H,5-6H2,1-3H3,(H,19,25,26)/t12?,13-,14-,15+,17+/m0/s1. The first-order valence-corrected chi connectivity index (χ1v) is 8.78. The van der Waals surface area contributed by atoms with Gasteiger partial charge in [-0.2, -0.15) is 0 Å². The van der Waals surface area contributed by atoms with Crippen molar-refractivity contribution < 1.29 is 24.9 Å². The number of aliphatic hydroxyl groups is 3. The maximum Gasteiger partial charge on any atom is 0.330 e. The normalized spacial score (nSPS) is 25.9. The van der Waals surface area contributed by atoms with Crippen molar-refractivity contribution in [3.05, 3.63) is 32.6 Å². The fraction of sp³-hybridized carbons (Fsp3) is 0.611. The average Bonchev–Trinajstić information content (AvgIpc) is 2.93. The summed E-state index contributed by atoms with van der Waals surface area (Å²) in [6.07, 6.45) is -5.51. The van der Waals surface area contributed by atoms with Crippen LogP contribution in [0.2, 0.25) is 0 Å². The zero-order chi connectivity index (χ0) is 20.3. The average molecular weight is 380 g/mol. The number of hydrogen-bond donors (Lipinski definition) is 4. The summed E-state index contributed by atoms with van der Waals surface area (Å²) in [5.74, 6) is 4.14. The monoisotopic (exact) mass is 380 g/mol. The molecular weight excluding hydrogens is 356 g/mol. The molecule has 1 aromatic heterocycles. The van der Waals surface area contributed by atoms with Crippen LogP contribution in [0.5, 0.6) is 0 Å². The maximum atomic E-state index is 12.4. The van der Waals surface area contributed by atoms with E-state index in [2.05, 4.69) is 16.8 Å². The summed E-state index contributed by atoms with van der Waals surface area (Å²) in [7, 11) is 0. The van der Waals surface area contributed by atoms with Crippen LogP contribution >= 0.6 is 0 Å². The van der Waals surface area contributed by atoms with Crippen molar-refractivity contribution in [3.8, 4) is 11.8 Å². The third-order valence-corrected chi connectivity index (χ3v) is 4.77. The SMILES string of the molecule is CC#Cc1cn([C@@H]2O[C@H](C(O)C(=O)C(CC)CC)[C@@H](O)[C@@H]2O)c(=O)[nH]c1=O. The molecule has 9 heteroatoms. The first kappa shape index (κ1) is 21.1. The molecule has 4 N–H and O–H groups in total. The van der Waals surface area contributed by atoms with E-state index in [0.29, 0.717) is 12.8 Å². The molecule has 5 atom stereocenters. The number of nitrogens with zero attached hydrogens (tertiary/aromatic N) is 1. The number of aliphatic hydroxyl groups excluding tert-OH is 3. The molecule has 2 rings (SSSR count). The molecule has 1 unspecified atom stereocenters. The Hall–Kier alpha value is -2.25. The van der Waals surface area contributed by atoms with E-state index >= 15 is 0 Å². The molecule has 1 aliphatic heterocycles. The number of Topliss-reactive ketones (excluding diaryl/α,β-unsaturated/α-hetero) is 1. The van der Waals surface area contributed by atoms with E-state index in [1.807, 2.05) is 0 Å². The quantitative estimate of drug-likeness (QED) is 0.459. The largest absolute Gasteiger partial charge is 0.387 e. The van der Waals surface area contributed by atoms with E-state index in [-0.39, 0.29) is 5.56 Å². The highest BCUT2D eigenvalue weighted by atomic mass is 16.6. The van der Waals surface area contributed by atoms with Gasteiger partial charge in [0, 0.05) is 12.1 Å². The Morgan fingerprint density at radius 2 is 1.93 bits per heavy atom. The van der Waals surface area contributed by atoms with Crippen LogP contribution in [0.3, 0.4) is 0 Å². The minimum atomic E-state index is -1.65. The van der Waals surface area contributed by atoms with Crippen molar-refractivity contribution in [2.24, 2.45) is 5.92 Å². The molecule has 27 heavy (non-hydrogen) atoms. The van der Waals surface area contributed by atoms with Crippen LogP contribution in [-0.4, -0.2) is 55.1 Å². The summed E-state index contributed by atoms with van der Waals surface area (Å²) in [5, 5.41) is 30.9. The Bertz CT molecular complexity index is 859. The van der Waals surface area contributed by atoms with Gasteiger partial charge in [-0.3, -0.25) is 19.1 Å². The molecule has 1 aromatic rings. The summed E-state index contributed by atoms with van der Waals surface area (Å²) < 4.78 is 6.35. The molecule has 0 saturated carbocycles. The Balaban J connectivity index is 2.35. The van der Waals surface area contributed by atoms with Crippen LogP contribution in [0.1, 0.15) is 45.4 Å². The van der Waals surface area contributed by atoms with Crippen LogP contribution in [0, 0.1) is 17.8 Å². The second kappa shape index (κ2) is 8.63. The number of ketones is 1. The predicted octanol–water partition coefficient (Wildman–Crippen LogP) is -1.11. The molecule has 0 aromatic carbocycles. The summed E-state index contributed by atoms with van der Waals surface area (Å²) in [4.78, 5) is 38.3. The molecule has 1 fully saturated rings. The van der Waals surface area contributed by atoms with Crippen molar-refractivity contribution in [3.63, 3.8) is 0 Å². The zero-order valence-electron chi connectivity index (χ0n) is 15.4. The van der Waals surface area contributed by atoms with E-state index in [4.69, 9.17) is 4.74 Å². The van der Waals surface area contributed by atoms with Gasteiger partial charge in [-0.05, 0) is 19.8 Å². The highest BCUT2D eigenvalue weighted by Crippen LogP contribution is 2.31. The number of H-pyrrole nitrogens is 1. The molecule has 0 spiro atoms. The Kier molecular flexibility index (Phi) is 6.73. The number of carbonyl (C=O) groups is 1. The third kappa shape index (κ3) is 4.04. The molecule has 1 aliphatic rings. The number of nitrogens with one attached hydrogen (secondary N) is 1. The van der Waals surface area contributed by atoms with E-state index in [1.165, 1.54) is 6.92 Å². The molecule has 9 nitrogen and oxygen atoms in total. The number of ether oxygens (including phenoxy) is 1. The molecule has 148 valence electrons. The van der Waals surface area contributed by atoms with Crippen molar-refractivity contribution in [2.75, 3.05) is 0 Å². The summed E-state index contributed by atoms with van der Waals surface area (Å²) in [6, 6.07) is 0. The zero-order valence-corrected chi connectivity index (χ0v) is 15.4. The van der Waals surface area contributed by atoms with Gasteiger partial charge in [0.15, 0.2) is 12.0 Å². The second-order valence-corrected chi connectivity index (χ2v) is 6.42. The second-order valence-electron chi connectivity index (χ2n) is 6.42. The van der Waals surface area contributed by atoms with Gasteiger partial charge in [-0.25, -0.2) is 4.79 Å². The van der Waals surface area contributed by atoms with E-state index < -0.39 is 53.6 Å². The van der Waals surface area contributed by atoms with Crippen molar-refractivity contribution in [2.45, 2.75) is 64.3 Å². The van der Waals surface area contributed by atoms with Crippen LogP contribution < -0.4 is 11.2 Å². The van der Waals surface area contributed by atoms with Gasteiger partial charge in [0.05, 0.1) is 0 Å². The summed E-state index contributed by atoms with van der Waals surface area (Å²) >= 11 is 0. The minimum absolute atomic E-state index is 0.0282. The molecular formula is C18H24N2O7. The molecule has 0 amide bonds. The lowest BCUT2D eigenvalue weighted by Crippen LogP contribution is -2.44. The number of carbonyl (C=O) groups excluding carboxylic acids is 1. The lowest BCUT2D eigenvalue weighted by Gasteiger charge is -2.23. The number of aromatic amines is 1. The molecule has 2 heterocycles. The van der Waals surface area contributed by atoms with Gasteiger partial charge in [-0.15, -0.1) is 5.92 Å². The van der Waals surface area contributed by atoms with Crippen molar-refractivity contribution in [1.82, 2.24) is 9.55 Å². The van der Waals surface area contributed by atoms with Gasteiger partial charge in [-0.1, -0.05) is 19.8 Å². The fourth-order valence-electron chi connectivity index (χ4n) is 3.17. The highest BCUT2D eigenvalue weighted by molar-refractivity contribution is 5.85. The van der Waals surface area contributed by atoms with E-state index in [1.54, 1.807) is 13.8 Å².